The second-order valence-electron chi connectivity index (χ2n) is 6.05. The first-order chi connectivity index (χ1) is 11.7. The van der Waals surface area contributed by atoms with Gasteiger partial charge in [-0.1, -0.05) is 43.2 Å². The van der Waals surface area contributed by atoms with E-state index >= 15 is 0 Å². The fraction of sp³-hybridized carbons (Fsp3) is 0.556. The number of amides is 2. The van der Waals surface area contributed by atoms with Crippen LogP contribution in [0, 0.1) is 0 Å². The van der Waals surface area contributed by atoms with Crippen LogP contribution >= 0.6 is 0 Å². The molecule has 1 aromatic rings. The number of carbonyl (C=O) groups excluding carboxylic acids is 2. The van der Waals surface area contributed by atoms with E-state index in [1.54, 1.807) is 4.90 Å². The highest BCUT2D eigenvalue weighted by atomic mass is 16.5. The quantitative estimate of drug-likeness (QED) is 0.834. The molecule has 0 saturated heterocycles. The Balaban J connectivity index is 1.92. The average Bonchev–Trinajstić information content (AvgIpc) is 2.62. The van der Waals surface area contributed by atoms with Crippen molar-refractivity contribution in [3.8, 4) is 0 Å². The van der Waals surface area contributed by atoms with Gasteiger partial charge in [-0.3, -0.25) is 4.79 Å². The zero-order chi connectivity index (χ0) is 17.4. The number of nitrogens with two attached hydrogens (primary N) is 1. The number of likely N-dealkylation sites (N-methyl/N-ethyl adjacent to an activating group) is 1. The first-order valence-corrected chi connectivity index (χ1v) is 8.62. The number of hydrogen-bond donors (Lipinski definition) is 2. The van der Waals surface area contributed by atoms with Crippen LogP contribution in [0.15, 0.2) is 30.3 Å². The molecule has 3 N–H and O–H groups in total. The lowest BCUT2D eigenvalue weighted by Crippen LogP contribution is -2.56. The second kappa shape index (κ2) is 9.27. The Hall–Kier alpha value is -2.08. The minimum absolute atomic E-state index is 0.00445. The van der Waals surface area contributed by atoms with Crippen molar-refractivity contribution in [1.29, 1.82) is 0 Å². The van der Waals surface area contributed by atoms with Gasteiger partial charge in [0.05, 0.1) is 18.6 Å². The monoisotopic (exact) mass is 333 g/mol. The summed E-state index contributed by atoms with van der Waals surface area (Å²) in [5.41, 5.74) is 6.46. The Morgan fingerprint density at radius 2 is 1.96 bits per heavy atom. The molecule has 1 aromatic carbocycles. The van der Waals surface area contributed by atoms with Crippen LogP contribution in [-0.4, -0.2) is 42.1 Å². The van der Waals surface area contributed by atoms with Gasteiger partial charge in [-0.15, -0.1) is 0 Å². The van der Waals surface area contributed by atoms with Gasteiger partial charge in [-0.05, 0) is 25.3 Å². The molecule has 2 rings (SSSR count). The number of nitrogens with zero attached hydrogens (tertiary/aromatic N) is 1. The number of carbonyl (C=O) groups is 2. The maximum absolute atomic E-state index is 12.1. The van der Waals surface area contributed by atoms with E-state index in [0.717, 1.165) is 31.2 Å². The summed E-state index contributed by atoms with van der Waals surface area (Å²) in [6, 6.07) is 9.47. The number of alkyl carbamates (subject to hydrolysis) is 1. The topological polar surface area (TPSA) is 84.7 Å². The molecule has 6 heteroatoms. The summed E-state index contributed by atoms with van der Waals surface area (Å²) in [6.07, 6.45) is 3.37. The van der Waals surface area contributed by atoms with Crippen LogP contribution in [0.25, 0.3) is 0 Å². The molecule has 2 amide bonds. The maximum atomic E-state index is 12.1. The molecule has 24 heavy (non-hydrogen) atoms. The number of ether oxygens (including phenoxy) is 1. The summed E-state index contributed by atoms with van der Waals surface area (Å²) in [4.78, 5) is 25.9. The molecule has 1 fully saturated rings. The van der Waals surface area contributed by atoms with Crippen LogP contribution < -0.4 is 11.1 Å². The van der Waals surface area contributed by atoms with Gasteiger partial charge < -0.3 is 20.7 Å². The molecule has 0 bridgehead atoms. The number of benzene rings is 1. The molecule has 6 nitrogen and oxygen atoms in total. The van der Waals surface area contributed by atoms with Gasteiger partial charge in [0.1, 0.15) is 6.61 Å². The van der Waals surface area contributed by atoms with Crippen LogP contribution in [-0.2, 0) is 16.1 Å². The Kier molecular flexibility index (Phi) is 7.06. The first kappa shape index (κ1) is 18.3. The normalized spacial score (nSPS) is 20.2. The summed E-state index contributed by atoms with van der Waals surface area (Å²) in [5.74, 6) is -0.0751. The standard InChI is InChI=1S/C18H27N3O3/c1-2-21(17(22)12-19)16-11-7-6-10-15(16)20-18(23)24-13-14-8-4-3-5-9-14/h3-5,8-9,15-16H,2,6-7,10-13,19H2,1H3,(H,20,23). The highest BCUT2D eigenvalue weighted by molar-refractivity contribution is 5.78. The van der Waals surface area contributed by atoms with Gasteiger partial charge in [0.25, 0.3) is 0 Å². The minimum atomic E-state index is -0.438. The molecule has 0 radical (unpaired) electrons. The number of hydrogen-bond acceptors (Lipinski definition) is 4. The van der Waals surface area contributed by atoms with Gasteiger partial charge in [0.15, 0.2) is 0 Å². The van der Waals surface area contributed by atoms with E-state index in [9.17, 15) is 9.59 Å². The maximum Gasteiger partial charge on any atom is 0.407 e. The molecule has 2 unspecified atom stereocenters. The Morgan fingerprint density at radius 3 is 2.62 bits per heavy atom. The van der Waals surface area contributed by atoms with Crippen molar-refractivity contribution in [3.05, 3.63) is 35.9 Å². The van der Waals surface area contributed by atoms with Crippen molar-refractivity contribution < 1.29 is 14.3 Å². The molecule has 0 heterocycles. The van der Waals surface area contributed by atoms with E-state index in [2.05, 4.69) is 5.32 Å². The van der Waals surface area contributed by atoms with Crippen LogP contribution in [0.5, 0.6) is 0 Å². The largest absolute Gasteiger partial charge is 0.445 e. The molecule has 0 aromatic heterocycles. The predicted octanol–water partition coefficient (Wildman–Crippen LogP) is 2.03. The zero-order valence-electron chi connectivity index (χ0n) is 14.2. The van der Waals surface area contributed by atoms with Crippen LogP contribution in [0.1, 0.15) is 38.2 Å². The molecule has 0 spiro atoms. The smallest absolute Gasteiger partial charge is 0.407 e. The third kappa shape index (κ3) is 4.96. The molecular formula is C18H27N3O3. The van der Waals surface area contributed by atoms with Crippen molar-refractivity contribution in [2.75, 3.05) is 13.1 Å². The average molecular weight is 333 g/mol. The lowest BCUT2D eigenvalue weighted by atomic mass is 9.89. The van der Waals surface area contributed by atoms with Crippen molar-refractivity contribution >= 4 is 12.0 Å². The zero-order valence-corrected chi connectivity index (χ0v) is 14.2. The lowest BCUT2D eigenvalue weighted by Gasteiger charge is -2.39. The molecule has 132 valence electrons. The van der Waals surface area contributed by atoms with Crippen LogP contribution in [0.4, 0.5) is 4.79 Å². The van der Waals surface area contributed by atoms with E-state index in [0.29, 0.717) is 6.54 Å². The van der Waals surface area contributed by atoms with E-state index in [1.807, 2.05) is 37.3 Å². The second-order valence-corrected chi connectivity index (χ2v) is 6.05. The van der Waals surface area contributed by atoms with Gasteiger partial charge in [-0.25, -0.2) is 4.79 Å². The fourth-order valence-corrected chi connectivity index (χ4v) is 3.28. The van der Waals surface area contributed by atoms with E-state index in [4.69, 9.17) is 10.5 Å². The minimum Gasteiger partial charge on any atom is -0.445 e. The van der Waals surface area contributed by atoms with Crippen LogP contribution in [0.3, 0.4) is 0 Å². The summed E-state index contributed by atoms with van der Waals surface area (Å²) < 4.78 is 5.30. The molecule has 1 saturated carbocycles. The highest BCUT2D eigenvalue weighted by Gasteiger charge is 2.32. The Labute approximate surface area is 143 Å². The molecule has 1 aliphatic carbocycles. The predicted molar refractivity (Wildman–Crippen MR) is 92.2 cm³/mol. The van der Waals surface area contributed by atoms with E-state index in [1.165, 1.54) is 0 Å². The third-order valence-electron chi connectivity index (χ3n) is 4.48. The van der Waals surface area contributed by atoms with Gasteiger partial charge >= 0.3 is 6.09 Å². The van der Waals surface area contributed by atoms with E-state index in [-0.39, 0.29) is 31.1 Å². The van der Waals surface area contributed by atoms with E-state index < -0.39 is 6.09 Å². The fourth-order valence-electron chi connectivity index (χ4n) is 3.28. The molecule has 0 aliphatic heterocycles. The van der Waals surface area contributed by atoms with Gasteiger partial charge in [0, 0.05) is 6.54 Å². The Bertz CT molecular complexity index is 536. The first-order valence-electron chi connectivity index (χ1n) is 8.62. The third-order valence-corrected chi connectivity index (χ3v) is 4.48. The van der Waals surface area contributed by atoms with Crippen molar-refractivity contribution in [3.63, 3.8) is 0 Å². The molecule has 2 atom stereocenters. The number of rotatable bonds is 6. The SMILES string of the molecule is CCN(C(=O)CN)C1CCCCC1NC(=O)OCc1ccccc1. The number of nitrogens with one attached hydrogen (secondary N) is 1. The summed E-state index contributed by atoms with van der Waals surface area (Å²) in [7, 11) is 0. The van der Waals surface area contributed by atoms with Crippen LogP contribution in [0.2, 0.25) is 0 Å². The lowest BCUT2D eigenvalue weighted by molar-refractivity contribution is -0.133. The van der Waals surface area contributed by atoms with Crippen molar-refractivity contribution in [1.82, 2.24) is 10.2 Å². The summed E-state index contributed by atoms with van der Waals surface area (Å²) in [5, 5.41) is 2.94. The van der Waals surface area contributed by atoms with Crippen molar-refractivity contribution in [2.24, 2.45) is 5.73 Å². The molecule has 1 aliphatic rings. The summed E-state index contributed by atoms with van der Waals surface area (Å²) in [6.45, 7) is 2.77. The van der Waals surface area contributed by atoms with Gasteiger partial charge in [-0.2, -0.15) is 0 Å². The van der Waals surface area contributed by atoms with Crippen molar-refractivity contribution in [2.45, 2.75) is 51.3 Å². The molecular weight excluding hydrogens is 306 g/mol. The summed E-state index contributed by atoms with van der Waals surface area (Å²) >= 11 is 0. The van der Waals surface area contributed by atoms with Gasteiger partial charge in [0.2, 0.25) is 5.91 Å². The highest BCUT2D eigenvalue weighted by Crippen LogP contribution is 2.23. The Morgan fingerprint density at radius 1 is 1.25 bits per heavy atom.